The molecule has 210 valence electrons. The molecule has 4 atom stereocenters. The van der Waals surface area contributed by atoms with Crippen molar-refractivity contribution in [2.75, 3.05) is 19.1 Å². The van der Waals surface area contributed by atoms with Gasteiger partial charge in [0.05, 0.1) is 17.4 Å². The van der Waals surface area contributed by atoms with Crippen LogP contribution in [0.5, 0.6) is 0 Å². The van der Waals surface area contributed by atoms with Crippen LogP contribution in [-0.2, 0) is 19.4 Å². The molecule has 1 aromatic rings. The van der Waals surface area contributed by atoms with Crippen LogP contribution >= 0.6 is 11.8 Å². The Bertz CT molecular complexity index is 1150. The predicted octanol–water partition coefficient (Wildman–Crippen LogP) is 5.14. The van der Waals surface area contributed by atoms with E-state index in [1.54, 1.807) is 11.8 Å². The van der Waals surface area contributed by atoms with Crippen molar-refractivity contribution in [3.05, 3.63) is 23.4 Å². The smallest absolute Gasteiger partial charge is 0.305 e. The van der Waals surface area contributed by atoms with Crippen molar-refractivity contribution in [1.29, 1.82) is 0 Å². The van der Waals surface area contributed by atoms with Crippen molar-refractivity contribution in [3.63, 3.8) is 0 Å². The number of hydrogen-bond acceptors (Lipinski definition) is 7. The summed E-state index contributed by atoms with van der Waals surface area (Å²) < 4.78 is 29.7. The van der Waals surface area contributed by atoms with Crippen molar-refractivity contribution in [1.82, 2.24) is 10.3 Å². The van der Waals surface area contributed by atoms with Gasteiger partial charge in [0.2, 0.25) is 0 Å². The average Bonchev–Trinajstić information content (AvgIpc) is 2.88. The summed E-state index contributed by atoms with van der Waals surface area (Å²) in [6, 6.07) is 3.98. The largest absolute Gasteiger partial charge is 0.469 e. The molecule has 38 heavy (non-hydrogen) atoms. The molecule has 5 fully saturated rings. The summed E-state index contributed by atoms with van der Waals surface area (Å²) in [5, 5.41) is 4.14. The Kier molecular flexibility index (Phi) is 8.17. The maximum atomic E-state index is 13.7. The average molecular weight is 563 g/mol. The van der Waals surface area contributed by atoms with E-state index < -0.39 is 14.6 Å². The van der Waals surface area contributed by atoms with Crippen molar-refractivity contribution >= 4 is 33.5 Å². The molecule has 0 aromatic carbocycles. The SMILES string of the molecule is CCCSc1nc(C2CCC[C@@H](CC(=O)OC)C2)ccc1C(=O)NC1C2CC3CC1CC(S(C)(=O)=O)(C3)C2. The molecule has 0 saturated heterocycles. The lowest BCUT2D eigenvalue weighted by Crippen LogP contribution is -2.63. The second-order valence-corrected chi connectivity index (χ2v) is 15.9. The number of hydrogen-bond donors (Lipinski definition) is 1. The van der Waals surface area contributed by atoms with E-state index in [2.05, 4.69) is 12.2 Å². The highest BCUT2D eigenvalue weighted by atomic mass is 32.2. The zero-order valence-electron chi connectivity index (χ0n) is 22.9. The third-order valence-corrected chi connectivity index (χ3v) is 13.0. The van der Waals surface area contributed by atoms with Crippen molar-refractivity contribution in [3.8, 4) is 0 Å². The summed E-state index contributed by atoms with van der Waals surface area (Å²) >= 11 is 1.64. The van der Waals surface area contributed by atoms with Crippen LogP contribution in [0.2, 0.25) is 0 Å². The minimum absolute atomic E-state index is 0.0371. The lowest BCUT2D eigenvalue weighted by Gasteiger charge is -2.59. The van der Waals surface area contributed by atoms with Crippen molar-refractivity contribution < 1.29 is 22.7 Å². The summed E-state index contributed by atoms with van der Waals surface area (Å²) in [5.41, 5.74) is 1.64. The fourth-order valence-electron chi connectivity index (χ4n) is 8.10. The second kappa shape index (κ2) is 11.1. The van der Waals surface area contributed by atoms with Crippen LogP contribution in [-0.4, -0.2) is 55.2 Å². The number of aromatic nitrogens is 1. The number of ether oxygens (including phenoxy) is 1. The summed E-state index contributed by atoms with van der Waals surface area (Å²) in [6.45, 7) is 2.13. The van der Waals surface area contributed by atoms with Gasteiger partial charge in [-0.3, -0.25) is 9.59 Å². The van der Waals surface area contributed by atoms with Gasteiger partial charge in [-0.15, -0.1) is 11.8 Å². The van der Waals surface area contributed by atoms with Gasteiger partial charge in [0.1, 0.15) is 5.03 Å². The van der Waals surface area contributed by atoms with Crippen LogP contribution < -0.4 is 5.32 Å². The fourth-order valence-corrected chi connectivity index (χ4v) is 10.6. The number of carbonyl (C=O) groups is 2. The summed E-state index contributed by atoms with van der Waals surface area (Å²) in [7, 11) is -1.68. The van der Waals surface area contributed by atoms with Crippen LogP contribution in [0.15, 0.2) is 17.2 Å². The quantitative estimate of drug-likeness (QED) is 0.328. The highest BCUT2D eigenvalue weighted by molar-refractivity contribution is 7.99. The topological polar surface area (TPSA) is 102 Å². The van der Waals surface area contributed by atoms with Crippen LogP contribution in [0.3, 0.4) is 0 Å². The lowest BCUT2D eigenvalue weighted by atomic mass is 9.53. The lowest BCUT2D eigenvalue weighted by molar-refractivity contribution is -0.142. The summed E-state index contributed by atoms with van der Waals surface area (Å²) in [6.07, 6.45) is 11.1. The van der Waals surface area contributed by atoms with E-state index in [-0.39, 0.29) is 35.7 Å². The number of amides is 1. The molecular formula is C29H42N2O5S2. The maximum Gasteiger partial charge on any atom is 0.305 e. The molecule has 3 unspecified atom stereocenters. The van der Waals surface area contributed by atoms with Gasteiger partial charge in [-0.05, 0) is 99.3 Å². The van der Waals surface area contributed by atoms with Crippen LogP contribution in [0.25, 0.3) is 0 Å². The van der Waals surface area contributed by atoms with E-state index in [0.717, 1.165) is 67.8 Å². The first kappa shape index (κ1) is 27.9. The zero-order valence-corrected chi connectivity index (χ0v) is 24.5. The van der Waals surface area contributed by atoms with Crippen molar-refractivity contribution in [2.24, 2.45) is 23.7 Å². The number of nitrogens with zero attached hydrogens (tertiary/aromatic N) is 1. The molecule has 1 heterocycles. The number of nitrogens with one attached hydrogen (secondary N) is 1. The second-order valence-electron chi connectivity index (χ2n) is 12.4. The van der Waals surface area contributed by atoms with Gasteiger partial charge in [0.15, 0.2) is 9.84 Å². The molecule has 6 rings (SSSR count). The Morgan fingerprint density at radius 2 is 1.87 bits per heavy atom. The molecule has 1 amide bonds. The molecular weight excluding hydrogens is 520 g/mol. The molecule has 4 bridgehead atoms. The number of pyridine rings is 1. The highest BCUT2D eigenvalue weighted by Crippen LogP contribution is 2.58. The van der Waals surface area contributed by atoms with Gasteiger partial charge >= 0.3 is 5.97 Å². The first-order valence-electron chi connectivity index (χ1n) is 14.3. The Morgan fingerprint density at radius 3 is 2.53 bits per heavy atom. The van der Waals surface area contributed by atoms with E-state index in [9.17, 15) is 18.0 Å². The maximum absolute atomic E-state index is 13.7. The summed E-state index contributed by atoms with van der Waals surface area (Å²) in [5.74, 6) is 2.17. The molecule has 0 radical (unpaired) electrons. The molecule has 9 heteroatoms. The minimum Gasteiger partial charge on any atom is -0.469 e. The molecule has 7 nitrogen and oxygen atoms in total. The monoisotopic (exact) mass is 562 g/mol. The third-order valence-electron chi connectivity index (χ3n) is 9.75. The first-order chi connectivity index (χ1) is 18.1. The molecule has 1 N–H and O–H groups in total. The predicted molar refractivity (Wildman–Crippen MR) is 149 cm³/mol. The van der Waals surface area contributed by atoms with E-state index in [4.69, 9.17) is 9.72 Å². The van der Waals surface area contributed by atoms with Gasteiger partial charge in [-0.2, -0.15) is 0 Å². The fraction of sp³-hybridized carbons (Fsp3) is 0.759. The number of thioether (sulfide) groups is 1. The third kappa shape index (κ3) is 5.51. The van der Waals surface area contributed by atoms with Gasteiger partial charge in [0, 0.05) is 30.3 Å². The normalized spacial score (nSPS) is 34.2. The molecule has 5 aliphatic carbocycles. The van der Waals surface area contributed by atoms with Gasteiger partial charge in [-0.1, -0.05) is 13.3 Å². The summed E-state index contributed by atoms with van der Waals surface area (Å²) in [4.78, 5) is 30.5. The standard InChI is InChI=1S/C29H42N2O5S2/c1-4-10-37-28-23(8-9-24(30-28)20-7-5-6-18(11-20)14-25(32)36-2)27(33)31-26-21-12-19-13-22(26)17-29(15-19,16-21)38(3,34)35/h8-9,18-22,26H,4-7,10-17H2,1-3H3,(H,31,33)/t18-,19?,20?,21?,22?,26?,29?/m1/s1. The Balaban J connectivity index is 1.32. The molecule has 0 aliphatic heterocycles. The number of sulfone groups is 1. The van der Waals surface area contributed by atoms with Crippen LogP contribution in [0.1, 0.15) is 99.5 Å². The van der Waals surface area contributed by atoms with Gasteiger partial charge in [-0.25, -0.2) is 13.4 Å². The number of methoxy groups -OCH3 is 1. The molecule has 5 aliphatic rings. The van der Waals surface area contributed by atoms with Gasteiger partial charge in [0.25, 0.3) is 5.91 Å². The Hall–Kier alpha value is -1.61. The van der Waals surface area contributed by atoms with E-state index in [1.807, 2.05) is 12.1 Å². The van der Waals surface area contributed by atoms with E-state index >= 15 is 0 Å². The Morgan fingerprint density at radius 1 is 1.13 bits per heavy atom. The molecule has 0 spiro atoms. The van der Waals surface area contributed by atoms with Crippen LogP contribution in [0.4, 0.5) is 0 Å². The minimum atomic E-state index is -3.12. The first-order valence-corrected chi connectivity index (χ1v) is 17.2. The number of esters is 1. The number of carbonyl (C=O) groups excluding carboxylic acids is 2. The van der Waals surface area contributed by atoms with Crippen molar-refractivity contribution in [2.45, 2.75) is 99.3 Å². The number of rotatable bonds is 9. The zero-order chi connectivity index (χ0) is 27.1. The van der Waals surface area contributed by atoms with E-state index in [0.29, 0.717) is 36.7 Å². The molecule has 1 aromatic heterocycles. The molecule has 5 saturated carbocycles. The highest BCUT2D eigenvalue weighted by Gasteiger charge is 2.59. The van der Waals surface area contributed by atoms with E-state index in [1.165, 1.54) is 13.4 Å². The van der Waals surface area contributed by atoms with Crippen LogP contribution in [0, 0.1) is 23.7 Å². The Labute approximate surface area is 231 Å². The van der Waals surface area contributed by atoms with Gasteiger partial charge < -0.3 is 10.1 Å².